The third-order valence-corrected chi connectivity index (χ3v) is 5.93. The molecule has 2 N–H and O–H groups in total. The summed E-state index contributed by atoms with van der Waals surface area (Å²) < 4.78 is 2.15. The largest absolute Gasteiger partial charge is 0.325 e. The molecule has 1 aromatic carbocycles. The summed E-state index contributed by atoms with van der Waals surface area (Å²) in [4.78, 5) is 24.3. The highest BCUT2D eigenvalue weighted by Crippen LogP contribution is 2.32. The molecule has 0 spiro atoms. The summed E-state index contributed by atoms with van der Waals surface area (Å²) in [5, 5.41) is 14.3. The molecule has 3 amide bonds. The zero-order chi connectivity index (χ0) is 20.1. The van der Waals surface area contributed by atoms with Gasteiger partial charge in [0.1, 0.15) is 5.82 Å². The van der Waals surface area contributed by atoms with Crippen molar-refractivity contribution < 1.29 is 9.59 Å². The molecule has 1 fully saturated rings. The number of thioether (sulfide) groups is 1. The van der Waals surface area contributed by atoms with E-state index < -0.39 is 6.03 Å². The maximum absolute atomic E-state index is 12.2. The Morgan fingerprint density at radius 1 is 1.14 bits per heavy atom. The van der Waals surface area contributed by atoms with Gasteiger partial charge in [-0.3, -0.25) is 10.1 Å². The van der Waals surface area contributed by atoms with E-state index in [0.29, 0.717) is 11.7 Å². The molecule has 28 heavy (non-hydrogen) atoms. The predicted molar refractivity (Wildman–Crippen MR) is 111 cm³/mol. The van der Waals surface area contributed by atoms with Crippen molar-refractivity contribution in [2.24, 2.45) is 0 Å². The number of rotatable bonds is 5. The molecule has 0 bridgehead atoms. The van der Waals surface area contributed by atoms with Gasteiger partial charge in [0.05, 0.1) is 5.75 Å². The average molecular weight is 402 g/mol. The second kappa shape index (κ2) is 9.23. The first-order chi connectivity index (χ1) is 13.4. The Labute approximate surface area is 169 Å². The molecule has 0 unspecified atom stereocenters. The summed E-state index contributed by atoms with van der Waals surface area (Å²) in [6.07, 6.45) is 5.95. The molecular weight excluding hydrogens is 374 g/mol. The molecule has 3 rings (SSSR count). The SMILES string of the molecule is Cc1ccc(NC(=O)NC(=O)CSc2nnc(C)n2C2CCCCC2)c(C)c1. The number of urea groups is 1. The maximum atomic E-state index is 12.2. The fourth-order valence-corrected chi connectivity index (χ4v) is 4.46. The van der Waals surface area contributed by atoms with E-state index in [9.17, 15) is 9.59 Å². The van der Waals surface area contributed by atoms with Crippen LogP contribution in [0.25, 0.3) is 0 Å². The molecule has 0 atom stereocenters. The summed E-state index contributed by atoms with van der Waals surface area (Å²) in [5.41, 5.74) is 2.76. The highest BCUT2D eigenvalue weighted by molar-refractivity contribution is 7.99. The standard InChI is InChI=1S/C20H27N5O2S/c1-13-9-10-17(14(2)11-13)21-19(27)22-18(26)12-28-20-24-23-15(3)25(20)16-7-5-4-6-8-16/h9-11,16H,4-8,12H2,1-3H3,(H2,21,22,26,27). The lowest BCUT2D eigenvalue weighted by molar-refractivity contribution is -0.117. The molecule has 2 aromatic rings. The lowest BCUT2D eigenvalue weighted by atomic mass is 9.95. The third-order valence-electron chi connectivity index (χ3n) is 4.99. The summed E-state index contributed by atoms with van der Waals surface area (Å²) in [6.45, 7) is 5.86. The first kappa shape index (κ1) is 20.4. The maximum Gasteiger partial charge on any atom is 0.325 e. The quantitative estimate of drug-likeness (QED) is 0.735. The number of imide groups is 1. The lowest BCUT2D eigenvalue weighted by Crippen LogP contribution is -2.35. The van der Waals surface area contributed by atoms with Crippen molar-refractivity contribution in [3.05, 3.63) is 35.2 Å². The van der Waals surface area contributed by atoms with Gasteiger partial charge in [-0.2, -0.15) is 0 Å². The van der Waals surface area contributed by atoms with Gasteiger partial charge in [0.2, 0.25) is 5.91 Å². The number of hydrogen-bond donors (Lipinski definition) is 2. The van der Waals surface area contributed by atoms with Gasteiger partial charge in [-0.1, -0.05) is 48.7 Å². The average Bonchev–Trinajstić information content (AvgIpc) is 3.03. The van der Waals surface area contributed by atoms with Gasteiger partial charge in [-0.15, -0.1) is 10.2 Å². The number of aromatic nitrogens is 3. The minimum Gasteiger partial charge on any atom is -0.307 e. The van der Waals surface area contributed by atoms with Gasteiger partial charge in [0.15, 0.2) is 5.16 Å². The minimum absolute atomic E-state index is 0.116. The van der Waals surface area contributed by atoms with Crippen LogP contribution in [0, 0.1) is 20.8 Å². The molecule has 8 heteroatoms. The lowest BCUT2D eigenvalue weighted by Gasteiger charge is -2.24. The third kappa shape index (κ3) is 5.13. The second-order valence-electron chi connectivity index (χ2n) is 7.30. The van der Waals surface area contributed by atoms with Gasteiger partial charge in [-0.05, 0) is 45.2 Å². The van der Waals surface area contributed by atoms with E-state index in [-0.39, 0.29) is 11.7 Å². The van der Waals surface area contributed by atoms with Crippen molar-refractivity contribution in [2.75, 3.05) is 11.1 Å². The number of nitrogens with one attached hydrogen (secondary N) is 2. The molecule has 1 aliphatic rings. The Balaban J connectivity index is 1.54. The van der Waals surface area contributed by atoms with E-state index in [1.807, 2.05) is 39.0 Å². The molecule has 1 saturated carbocycles. The van der Waals surface area contributed by atoms with Crippen molar-refractivity contribution in [3.63, 3.8) is 0 Å². The second-order valence-corrected chi connectivity index (χ2v) is 8.24. The van der Waals surface area contributed by atoms with Gasteiger partial charge >= 0.3 is 6.03 Å². The smallest absolute Gasteiger partial charge is 0.307 e. The van der Waals surface area contributed by atoms with Crippen molar-refractivity contribution in [1.82, 2.24) is 20.1 Å². The van der Waals surface area contributed by atoms with Gasteiger partial charge in [0.25, 0.3) is 0 Å². The van der Waals surface area contributed by atoms with Crippen LogP contribution in [0.1, 0.15) is 55.1 Å². The van der Waals surface area contributed by atoms with Crippen molar-refractivity contribution in [3.8, 4) is 0 Å². The molecule has 7 nitrogen and oxygen atoms in total. The number of hydrogen-bond acceptors (Lipinski definition) is 5. The summed E-state index contributed by atoms with van der Waals surface area (Å²) in [7, 11) is 0. The molecule has 1 aromatic heterocycles. The van der Waals surface area contributed by atoms with Gasteiger partial charge in [-0.25, -0.2) is 4.79 Å². The number of benzene rings is 1. The number of anilines is 1. The van der Waals surface area contributed by atoms with Crippen LogP contribution in [0.3, 0.4) is 0 Å². The molecular formula is C20H27N5O2S. The molecule has 150 valence electrons. The van der Waals surface area contributed by atoms with Crippen LogP contribution in [0.4, 0.5) is 10.5 Å². The number of nitrogens with zero attached hydrogens (tertiary/aromatic N) is 3. The van der Waals surface area contributed by atoms with E-state index in [2.05, 4.69) is 25.4 Å². The zero-order valence-electron chi connectivity index (χ0n) is 16.6. The van der Waals surface area contributed by atoms with E-state index in [4.69, 9.17) is 0 Å². The monoisotopic (exact) mass is 401 g/mol. The Bertz CT molecular complexity index is 858. The van der Waals surface area contributed by atoms with Crippen LogP contribution in [-0.4, -0.2) is 32.5 Å². The Hall–Kier alpha value is -2.35. The molecule has 0 aliphatic heterocycles. The van der Waals surface area contributed by atoms with Gasteiger partial charge in [0, 0.05) is 11.7 Å². The van der Waals surface area contributed by atoms with Crippen LogP contribution in [0.2, 0.25) is 0 Å². The number of aryl methyl sites for hydroxylation is 3. The van der Waals surface area contributed by atoms with Crippen molar-refractivity contribution in [1.29, 1.82) is 0 Å². The summed E-state index contributed by atoms with van der Waals surface area (Å²) >= 11 is 1.32. The van der Waals surface area contributed by atoms with E-state index >= 15 is 0 Å². The summed E-state index contributed by atoms with van der Waals surface area (Å²) in [5.74, 6) is 0.635. The normalized spacial score (nSPS) is 14.7. The topological polar surface area (TPSA) is 88.9 Å². The zero-order valence-corrected chi connectivity index (χ0v) is 17.4. The highest BCUT2D eigenvalue weighted by Gasteiger charge is 2.22. The molecule has 0 radical (unpaired) electrons. The molecule has 1 aliphatic carbocycles. The first-order valence-corrected chi connectivity index (χ1v) is 10.6. The van der Waals surface area contributed by atoms with Crippen molar-refractivity contribution >= 4 is 29.4 Å². The number of amides is 3. The number of carbonyl (C=O) groups excluding carboxylic acids is 2. The molecule has 1 heterocycles. The Kier molecular flexibility index (Phi) is 6.72. The minimum atomic E-state index is -0.525. The van der Waals surface area contributed by atoms with Crippen LogP contribution >= 0.6 is 11.8 Å². The number of carbonyl (C=O) groups is 2. The predicted octanol–water partition coefficient (Wildman–Crippen LogP) is 4.15. The Morgan fingerprint density at radius 2 is 1.89 bits per heavy atom. The van der Waals surface area contributed by atoms with Crippen LogP contribution in [0.5, 0.6) is 0 Å². The van der Waals surface area contributed by atoms with Crippen LogP contribution < -0.4 is 10.6 Å². The van der Waals surface area contributed by atoms with Crippen LogP contribution in [0.15, 0.2) is 23.4 Å². The highest BCUT2D eigenvalue weighted by atomic mass is 32.2. The van der Waals surface area contributed by atoms with Crippen molar-refractivity contribution in [2.45, 2.75) is 64.1 Å². The fourth-order valence-electron chi connectivity index (χ4n) is 3.61. The summed E-state index contributed by atoms with van der Waals surface area (Å²) in [6, 6.07) is 5.61. The van der Waals surface area contributed by atoms with E-state index in [1.165, 1.54) is 31.0 Å². The molecule has 0 saturated heterocycles. The van der Waals surface area contributed by atoms with E-state index in [0.717, 1.165) is 34.9 Å². The van der Waals surface area contributed by atoms with E-state index in [1.54, 1.807) is 0 Å². The fraction of sp³-hybridized carbons (Fsp3) is 0.500. The van der Waals surface area contributed by atoms with Crippen LogP contribution in [-0.2, 0) is 4.79 Å². The van der Waals surface area contributed by atoms with Gasteiger partial charge < -0.3 is 9.88 Å². The Morgan fingerprint density at radius 3 is 2.61 bits per heavy atom. The first-order valence-electron chi connectivity index (χ1n) is 9.66.